The summed E-state index contributed by atoms with van der Waals surface area (Å²) in [7, 11) is -4.10. The number of carboxylic acid groups (broad SMARTS) is 1. The second kappa shape index (κ2) is 7.88. The third kappa shape index (κ3) is 4.15. The predicted molar refractivity (Wildman–Crippen MR) is 111 cm³/mol. The largest absolute Gasteiger partial charge is 0.481 e. The highest BCUT2D eigenvalue weighted by Gasteiger charge is 2.35. The van der Waals surface area contributed by atoms with Crippen LogP contribution in [-0.2, 0) is 19.6 Å². The van der Waals surface area contributed by atoms with E-state index in [0.717, 1.165) is 0 Å². The van der Waals surface area contributed by atoms with Crippen molar-refractivity contribution < 1.29 is 27.5 Å². The molecule has 0 saturated carbocycles. The van der Waals surface area contributed by atoms with Gasteiger partial charge in [0.15, 0.2) is 0 Å². The van der Waals surface area contributed by atoms with Gasteiger partial charge in [-0.05, 0) is 54.6 Å². The first-order chi connectivity index (χ1) is 14.7. The van der Waals surface area contributed by atoms with E-state index in [0.29, 0.717) is 11.4 Å². The fraction of sp³-hybridized carbons (Fsp3) is 0.143. The molecular weight excluding hydrogens is 425 g/mol. The van der Waals surface area contributed by atoms with Gasteiger partial charge in [0.25, 0.3) is 10.0 Å². The number of nitrogens with one attached hydrogen (secondary N) is 1. The van der Waals surface area contributed by atoms with E-state index < -0.39 is 27.7 Å². The Labute approximate surface area is 177 Å². The Morgan fingerprint density at radius 3 is 2.32 bits per heavy atom. The number of anilines is 2. The van der Waals surface area contributed by atoms with Crippen molar-refractivity contribution >= 4 is 33.3 Å². The van der Waals surface area contributed by atoms with E-state index >= 15 is 0 Å². The molecule has 3 aromatic rings. The normalized spacial score (nSPS) is 16.5. The molecule has 1 fully saturated rings. The topological polar surface area (TPSA) is 109 Å². The molecule has 1 amide bonds. The predicted octanol–water partition coefficient (Wildman–Crippen LogP) is 2.85. The van der Waals surface area contributed by atoms with Crippen LogP contribution in [0.2, 0.25) is 0 Å². The number of hydrogen-bond donors (Lipinski definition) is 2. The standard InChI is InChI=1S/C21H18FN3O5S/c22-18-8-5-16(24-9-1-2-10-24)12-19(18)23-31(29,30)17-6-3-15(4-7-17)25-13-14(21(27)28)11-20(25)26/h1-10,12,14,23H,11,13H2,(H,27,28). The van der Waals surface area contributed by atoms with Gasteiger partial charge in [-0.2, -0.15) is 0 Å². The summed E-state index contributed by atoms with van der Waals surface area (Å²) in [6.07, 6.45) is 3.39. The van der Waals surface area contributed by atoms with Crippen molar-refractivity contribution in [2.45, 2.75) is 11.3 Å². The molecule has 1 aromatic heterocycles. The van der Waals surface area contributed by atoms with Gasteiger partial charge >= 0.3 is 5.97 Å². The molecule has 2 N–H and O–H groups in total. The maximum Gasteiger partial charge on any atom is 0.308 e. The number of halogens is 1. The van der Waals surface area contributed by atoms with Gasteiger partial charge in [0.05, 0.1) is 16.5 Å². The van der Waals surface area contributed by atoms with Crippen molar-refractivity contribution in [2.75, 3.05) is 16.2 Å². The van der Waals surface area contributed by atoms with Crippen molar-refractivity contribution in [3.05, 3.63) is 72.8 Å². The minimum atomic E-state index is -4.10. The lowest BCUT2D eigenvalue weighted by atomic mass is 10.1. The van der Waals surface area contributed by atoms with Gasteiger partial charge in [0.2, 0.25) is 5.91 Å². The maximum atomic E-state index is 14.2. The van der Waals surface area contributed by atoms with Gasteiger partial charge in [0.1, 0.15) is 5.82 Å². The fourth-order valence-electron chi connectivity index (χ4n) is 3.39. The summed E-state index contributed by atoms with van der Waals surface area (Å²) in [5, 5.41) is 9.09. The van der Waals surface area contributed by atoms with E-state index in [1.165, 1.54) is 47.4 Å². The van der Waals surface area contributed by atoms with Crippen molar-refractivity contribution in [3.8, 4) is 5.69 Å². The first-order valence-electron chi connectivity index (χ1n) is 9.33. The summed E-state index contributed by atoms with van der Waals surface area (Å²) in [5.74, 6) is -2.92. The molecule has 1 unspecified atom stereocenters. The smallest absolute Gasteiger partial charge is 0.308 e. The van der Waals surface area contributed by atoms with Crippen molar-refractivity contribution in [1.82, 2.24) is 4.57 Å². The molecule has 1 saturated heterocycles. The van der Waals surface area contributed by atoms with Crippen LogP contribution >= 0.6 is 0 Å². The Morgan fingerprint density at radius 1 is 1.06 bits per heavy atom. The molecule has 8 nitrogen and oxygen atoms in total. The second-order valence-corrected chi connectivity index (χ2v) is 8.78. The van der Waals surface area contributed by atoms with Crippen molar-refractivity contribution in [3.63, 3.8) is 0 Å². The number of nitrogens with zero attached hydrogens (tertiary/aromatic N) is 2. The highest BCUT2D eigenvalue weighted by atomic mass is 32.2. The van der Waals surface area contributed by atoms with Gasteiger partial charge in [-0.15, -0.1) is 0 Å². The van der Waals surface area contributed by atoms with Crippen LogP contribution in [0.15, 0.2) is 71.9 Å². The van der Waals surface area contributed by atoms with E-state index in [1.807, 2.05) is 0 Å². The SMILES string of the molecule is O=C(O)C1CC(=O)N(c2ccc(S(=O)(=O)Nc3cc(-n4cccc4)ccc3F)cc2)C1. The third-order valence-electron chi connectivity index (χ3n) is 5.03. The summed E-state index contributed by atoms with van der Waals surface area (Å²) < 4.78 is 43.7. The summed E-state index contributed by atoms with van der Waals surface area (Å²) in [4.78, 5) is 24.4. The lowest BCUT2D eigenvalue weighted by molar-refractivity contribution is -0.141. The van der Waals surface area contributed by atoms with E-state index in [1.54, 1.807) is 29.1 Å². The molecule has 1 aliphatic rings. The van der Waals surface area contributed by atoms with Crippen LogP contribution in [-0.4, -0.2) is 36.5 Å². The van der Waals surface area contributed by atoms with Crippen LogP contribution in [0.1, 0.15) is 6.42 Å². The molecule has 1 atom stereocenters. The van der Waals surface area contributed by atoms with E-state index in [4.69, 9.17) is 5.11 Å². The first-order valence-corrected chi connectivity index (χ1v) is 10.8. The molecule has 4 rings (SSSR count). The Hall–Kier alpha value is -3.66. The number of rotatable bonds is 6. The molecule has 0 bridgehead atoms. The van der Waals surface area contributed by atoms with Gasteiger partial charge < -0.3 is 14.6 Å². The van der Waals surface area contributed by atoms with E-state index in [-0.39, 0.29) is 29.5 Å². The quantitative estimate of drug-likeness (QED) is 0.609. The number of benzene rings is 2. The lowest BCUT2D eigenvalue weighted by Crippen LogP contribution is -2.25. The van der Waals surface area contributed by atoms with Crippen LogP contribution in [0.4, 0.5) is 15.8 Å². The van der Waals surface area contributed by atoms with Crippen molar-refractivity contribution in [2.24, 2.45) is 5.92 Å². The van der Waals surface area contributed by atoms with Gasteiger partial charge in [-0.3, -0.25) is 14.3 Å². The Kier molecular flexibility index (Phi) is 5.24. The number of carbonyl (C=O) groups is 2. The Morgan fingerprint density at radius 2 is 1.71 bits per heavy atom. The molecule has 0 aliphatic carbocycles. The van der Waals surface area contributed by atoms with Crippen LogP contribution in [0.25, 0.3) is 5.69 Å². The van der Waals surface area contributed by atoms with Gasteiger partial charge in [0, 0.05) is 36.7 Å². The van der Waals surface area contributed by atoms with Gasteiger partial charge in [-0.1, -0.05) is 0 Å². The van der Waals surface area contributed by atoms with Crippen LogP contribution < -0.4 is 9.62 Å². The first kappa shape index (κ1) is 20.6. The minimum absolute atomic E-state index is 0.0237. The van der Waals surface area contributed by atoms with Crippen LogP contribution in [0.5, 0.6) is 0 Å². The van der Waals surface area contributed by atoms with Crippen LogP contribution in [0, 0.1) is 11.7 Å². The number of hydrogen-bond acceptors (Lipinski definition) is 4. The average Bonchev–Trinajstić information content (AvgIpc) is 3.40. The number of sulfonamides is 1. The van der Waals surface area contributed by atoms with Crippen LogP contribution in [0.3, 0.4) is 0 Å². The fourth-order valence-corrected chi connectivity index (χ4v) is 4.45. The maximum absolute atomic E-state index is 14.2. The molecule has 31 heavy (non-hydrogen) atoms. The van der Waals surface area contributed by atoms with Gasteiger partial charge in [-0.25, -0.2) is 12.8 Å². The number of aromatic nitrogens is 1. The highest BCUT2D eigenvalue weighted by molar-refractivity contribution is 7.92. The zero-order chi connectivity index (χ0) is 22.2. The lowest BCUT2D eigenvalue weighted by Gasteiger charge is -2.17. The summed E-state index contributed by atoms with van der Waals surface area (Å²) >= 11 is 0. The molecule has 2 heterocycles. The number of carboxylic acids is 1. The number of amides is 1. The highest BCUT2D eigenvalue weighted by Crippen LogP contribution is 2.27. The Bertz CT molecular complexity index is 1240. The Balaban J connectivity index is 1.55. The summed E-state index contributed by atoms with van der Waals surface area (Å²) in [6, 6.07) is 13.1. The summed E-state index contributed by atoms with van der Waals surface area (Å²) in [5.41, 5.74) is 0.780. The number of carbonyl (C=O) groups excluding carboxylic acids is 1. The molecule has 2 aromatic carbocycles. The second-order valence-electron chi connectivity index (χ2n) is 7.10. The van der Waals surface area contributed by atoms with E-state index in [9.17, 15) is 22.4 Å². The third-order valence-corrected chi connectivity index (χ3v) is 6.41. The zero-order valence-corrected chi connectivity index (χ0v) is 16.9. The zero-order valence-electron chi connectivity index (χ0n) is 16.1. The summed E-state index contributed by atoms with van der Waals surface area (Å²) in [6.45, 7) is 0.0237. The number of aliphatic carboxylic acids is 1. The molecule has 0 spiro atoms. The molecule has 1 aliphatic heterocycles. The molecule has 160 valence electrons. The van der Waals surface area contributed by atoms with E-state index in [2.05, 4.69) is 4.72 Å². The minimum Gasteiger partial charge on any atom is -0.481 e. The average molecular weight is 443 g/mol. The molecule has 10 heteroatoms. The monoisotopic (exact) mass is 443 g/mol. The molecule has 0 radical (unpaired) electrons. The molecular formula is C21H18FN3O5S. The van der Waals surface area contributed by atoms with Crippen molar-refractivity contribution in [1.29, 1.82) is 0 Å².